The molecule has 0 spiro atoms. The van der Waals surface area contributed by atoms with Gasteiger partial charge in [0, 0.05) is 19.4 Å². The van der Waals surface area contributed by atoms with E-state index in [2.05, 4.69) is 0 Å². The van der Waals surface area contributed by atoms with Gasteiger partial charge in [-0.2, -0.15) is 0 Å². The summed E-state index contributed by atoms with van der Waals surface area (Å²) in [6, 6.07) is 0. The molecule has 1 fully saturated rings. The van der Waals surface area contributed by atoms with Gasteiger partial charge in [0.25, 0.3) is 0 Å². The zero-order valence-corrected chi connectivity index (χ0v) is 7.40. The zero-order valence-electron chi connectivity index (χ0n) is 7.40. The van der Waals surface area contributed by atoms with Crippen molar-refractivity contribution in [3.05, 3.63) is 0 Å². The highest BCUT2D eigenvalue weighted by atomic mass is 16.3. The van der Waals surface area contributed by atoms with Crippen molar-refractivity contribution >= 4 is 11.8 Å². The molecule has 0 aromatic heterocycles. The van der Waals surface area contributed by atoms with E-state index in [1.165, 1.54) is 0 Å². The smallest absolute Gasteiger partial charge is 0.229 e. The molecule has 0 aromatic rings. The number of carbonyl (C=O) groups is 2. The summed E-state index contributed by atoms with van der Waals surface area (Å²) >= 11 is 0. The lowest BCUT2D eigenvalue weighted by Gasteiger charge is -2.26. The molecular formula is C8H14N2O3. The predicted molar refractivity (Wildman–Crippen MR) is 45.6 cm³/mol. The molecular weight excluding hydrogens is 172 g/mol. The Bertz CT molecular complexity index is 201. The van der Waals surface area contributed by atoms with Crippen molar-refractivity contribution in [1.82, 2.24) is 4.90 Å². The Morgan fingerprint density at radius 2 is 1.92 bits per heavy atom. The fraction of sp³-hybridized carbons (Fsp3) is 0.750. The van der Waals surface area contributed by atoms with Gasteiger partial charge in [-0.15, -0.1) is 0 Å². The zero-order chi connectivity index (χ0) is 9.84. The minimum atomic E-state index is -0.800. The predicted octanol–water partition coefficient (Wildman–Crippen LogP) is -1.15. The summed E-state index contributed by atoms with van der Waals surface area (Å²) in [6.07, 6.45) is 0.602. The van der Waals surface area contributed by atoms with Gasteiger partial charge in [0.1, 0.15) is 0 Å². The highest BCUT2D eigenvalue weighted by Gasteiger charge is 2.26. The molecule has 0 aromatic carbocycles. The summed E-state index contributed by atoms with van der Waals surface area (Å²) in [5, 5.41) is 9.17. The van der Waals surface area contributed by atoms with Crippen LogP contribution in [0.25, 0.3) is 0 Å². The van der Waals surface area contributed by atoms with E-state index in [1.807, 2.05) is 0 Å². The minimum absolute atomic E-state index is 0.0359. The Morgan fingerprint density at radius 3 is 2.38 bits per heavy atom. The summed E-state index contributed by atoms with van der Waals surface area (Å²) in [5.74, 6) is -0.410. The number of aliphatic hydroxyl groups is 1. The van der Waals surface area contributed by atoms with Crippen LogP contribution in [0.2, 0.25) is 0 Å². The first-order valence-electron chi connectivity index (χ1n) is 4.36. The number of β-amino-alcohol motifs (C(OH)–C–C–N with tert-alkyl or cyclic N) is 1. The Kier molecular flexibility index (Phi) is 3.39. The molecule has 13 heavy (non-hydrogen) atoms. The lowest BCUT2D eigenvalue weighted by molar-refractivity contribution is -0.149. The fourth-order valence-electron chi connectivity index (χ4n) is 1.29. The van der Waals surface area contributed by atoms with Gasteiger partial charge in [-0.05, 0) is 6.42 Å². The summed E-state index contributed by atoms with van der Waals surface area (Å²) in [5.41, 5.74) is 5.18. The van der Waals surface area contributed by atoms with E-state index in [0.717, 1.165) is 4.90 Å². The van der Waals surface area contributed by atoms with Gasteiger partial charge >= 0.3 is 0 Å². The van der Waals surface area contributed by atoms with E-state index < -0.39 is 6.10 Å². The molecule has 3 N–H and O–H groups in total. The minimum Gasteiger partial charge on any atom is -0.390 e. The Morgan fingerprint density at radius 1 is 1.38 bits per heavy atom. The number of nitrogens with zero attached hydrogens (tertiary/aromatic N) is 1. The second-order valence-electron chi connectivity index (χ2n) is 3.14. The van der Waals surface area contributed by atoms with Crippen molar-refractivity contribution in [2.45, 2.75) is 25.4 Å². The Hall–Kier alpha value is -0.940. The van der Waals surface area contributed by atoms with Gasteiger partial charge < -0.3 is 10.8 Å². The largest absolute Gasteiger partial charge is 0.390 e. The number of piperidine rings is 1. The van der Waals surface area contributed by atoms with E-state index in [9.17, 15) is 14.7 Å². The van der Waals surface area contributed by atoms with Crippen molar-refractivity contribution in [2.75, 3.05) is 13.1 Å². The molecule has 0 unspecified atom stereocenters. The molecule has 0 saturated carbocycles. The maximum Gasteiger partial charge on any atom is 0.229 e. The maximum atomic E-state index is 11.2. The molecule has 0 radical (unpaired) electrons. The normalized spacial score (nSPS) is 20.6. The van der Waals surface area contributed by atoms with Crippen LogP contribution < -0.4 is 5.73 Å². The van der Waals surface area contributed by atoms with Crippen LogP contribution in [0, 0.1) is 0 Å². The summed E-state index contributed by atoms with van der Waals surface area (Å²) in [6.45, 7) is 0.102. The molecule has 2 amide bonds. The van der Waals surface area contributed by atoms with Crippen LogP contribution in [0.4, 0.5) is 0 Å². The number of hydrogen-bond donors (Lipinski definition) is 2. The van der Waals surface area contributed by atoms with E-state index in [4.69, 9.17) is 5.73 Å². The summed E-state index contributed by atoms with van der Waals surface area (Å²) in [4.78, 5) is 23.5. The third-order valence-electron chi connectivity index (χ3n) is 2.05. The van der Waals surface area contributed by atoms with Crippen LogP contribution in [-0.2, 0) is 9.59 Å². The molecule has 0 bridgehead atoms. The number of aliphatic hydroxyl groups excluding tert-OH is 1. The molecule has 5 nitrogen and oxygen atoms in total. The molecule has 5 heteroatoms. The van der Waals surface area contributed by atoms with Crippen molar-refractivity contribution < 1.29 is 14.7 Å². The molecule has 1 saturated heterocycles. The number of imide groups is 1. The highest BCUT2D eigenvalue weighted by molar-refractivity contribution is 5.97. The second kappa shape index (κ2) is 4.34. The Labute approximate surface area is 76.5 Å². The van der Waals surface area contributed by atoms with Gasteiger partial charge in [-0.1, -0.05) is 0 Å². The second-order valence-corrected chi connectivity index (χ2v) is 3.14. The fourth-order valence-corrected chi connectivity index (χ4v) is 1.29. The van der Waals surface area contributed by atoms with Crippen LogP contribution in [0.5, 0.6) is 0 Å². The van der Waals surface area contributed by atoms with Crippen LogP contribution in [0.3, 0.4) is 0 Å². The van der Waals surface area contributed by atoms with Crippen molar-refractivity contribution in [1.29, 1.82) is 0 Å². The number of amides is 2. The number of likely N-dealkylation sites (tertiary alicyclic amines) is 1. The molecule has 1 atom stereocenters. The van der Waals surface area contributed by atoms with Crippen molar-refractivity contribution in [2.24, 2.45) is 5.73 Å². The molecule has 74 valence electrons. The third kappa shape index (κ3) is 2.50. The first-order valence-corrected chi connectivity index (χ1v) is 4.36. The van der Waals surface area contributed by atoms with E-state index in [1.54, 1.807) is 0 Å². The lowest BCUT2D eigenvalue weighted by atomic mass is 10.1. The molecule has 1 aliphatic rings. The first kappa shape index (κ1) is 10.1. The number of hydrogen-bond acceptors (Lipinski definition) is 4. The third-order valence-corrected chi connectivity index (χ3v) is 2.05. The van der Waals surface area contributed by atoms with Gasteiger partial charge in [-0.25, -0.2) is 0 Å². The lowest BCUT2D eigenvalue weighted by Crippen LogP contribution is -2.45. The van der Waals surface area contributed by atoms with Crippen LogP contribution >= 0.6 is 0 Å². The standard InChI is InChI=1S/C8H14N2O3/c9-4-6(11)5-10-7(12)2-1-3-8(10)13/h6,11H,1-5,9H2/t6-/m0/s1. The average molecular weight is 186 g/mol. The van der Waals surface area contributed by atoms with Crippen LogP contribution in [0.15, 0.2) is 0 Å². The number of nitrogens with two attached hydrogens (primary N) is 1. The van der Waals surface area contributed by atoms with Gasteiger partial charge in [-0.3, -0.25) is 14.5 Å². The highest BCUT2D eigenvalue weighted by Crippen LogP contribution is 2.12. The van der Waals surface area contributed by atoms with Crippen LogP contribution in [0.1, 0.15) is 19.3 Å². The van der Waals surface area contributed by atoms with Gasteiger partial charge in [0.05, 0.1) is 12.6 Å². The quantitative estimate of drug-likeness (QED) is 0.545. The van der Waals surface area contributed by atoms with Crippen molar-refractivity contribution in [3.8, 4) is 0 Å². The molecule has 0 aliphatic carbocycles. The van der Waals surface area contributed by atoms with Crippen LogP contribution in [-0.4, -0.2) is 41.0 Å². The first-order chi connectivity index (χ1) is 6.15. The van der Waals surface area contributed by atoms with Gasteiger partial charge in [0.2, 0.25) is 11.8 Å². The molecule has 1 aliphatic heterocycles. The number of rotatable bonds is 3. The Balaban J connectivity index is 2.54. The molecule has 1 rings (SSSR count). The molecule has 1 heterocycles. The van der Waals surface area contributed by atoms with E-state index >= 15 is 0 Å². The average Bonchev–Trinajstić information content (AvgIpc) is 2.11. The van der Waals surface area contributed by atoms with Crippen molar-refractivity contribution in [3.63, 3.8) is 0 Å². The van der Waals surface area contributed by atoms with E-state index in [-0.39, 0.29) is 24.9 Å². The van der Waals surface area contributed by atoms with Gasteiger partial charge in [0.15, 0.2) is 0 Å². The van der Waals surface area contributed by atoms with E-state index in [0.29, 0.717) is 19.3 Å². The number of carbonyl (C=O) groups excluding carboxylic acids is 2. The summed E-state index contributed by atoms with van der Waals surface area (Å²) in [7, 11) is 0. The monoisotopic (exact) mass is 186 g/mol. The SMILES string of the molecule is NC[C@H](O)CN1C(=O)CCCC1=O. The topological polar surface area (TPSA) is 83.6 Å². The summed E-state index contributed by atoms with van der Waals surface area (Å²) < 4.78 is 0. The maximum absolute atomic E-state index is 11.2.